The highest BCUT2D eigenvalue weighted by molar-refractivity contribution is 6.04. The minimum absolute atomic E-state index is 0.279. The van der Waals surface area contributed by atoms with E-state index in [1.54, 1.807) is 20.8 Å². The van der Waals surface area contributed by atoms with Crippen molar-refractivity contribution >= 4 is 17.9 Å². The summed E-state index contributed by atoms with van der Waals surface area (Å²) >= 11 is 0. The molecule has 0 spiro atoms. The summed E-state index contributed by atoms with van der Waals surface area (Å²) in [6, 6.07) is 0. The summed E-state index contributed by atoms with van der Waals surface area (Å²) in [4.78, 5) is 33.8. The first-order valence-electron chi connectivity index (χ1n) is 5.35. The second kappa shape index (κ2) is 5.81. The highest BCUT2D eigenvalue weighted by Gasteiger charge is 2.45. The van der Waals surface area contributed by atoms with Crippen LogP contribution in [0, 0.1) is 0 Å². The van der Waals surface area contributed by atoms with E-state index < -0.39 is 29.0 Å². The topological polar surface area (TPSA) is 116 Å². The van der Waals surface area contributed by atoms with Gasteiger partial charge in [-0.2, -0.15) is 0 Å². The molecule has 0 rings (SSSR count). The second-order valence-electron chi connectivity index (χ2n) is 4.85. The number of ether oxygens (including phenoxy) is 2. The molecule has 0 aromatic heterocycles. The molecule has 0 bridgehead atoms. The van der Waals surface area contributed by atoms with Crippen molar-refractivity contribution in [1.82, 2.24) is 0 Å². The molecule has 0 saturated carbocycles. The molecule has 0 amide bonds. The van der Waals surface area contributed by atoms with Gasteiger partial charge in [-0.05, 0) is 27.2 Å². The average Bonchev–Trinajstić information content (AvgIpc) is 2.22. The predicted octanol–water partition coefficient (Wildman–Crippen LogP) is 0.0634. The van der Waals surface area contributed by atoms with Crippen LogP contribution in [0.25, 0.3) is 0 Å². The van der Waals surface area contributed by atoms with Gasteiger partial charge in [0.15, 0.2) is 0 Å². The number of aliphatic carboxylic acids is 1. The summed E-state index contributed by atoms with van der Waals surface area (Å²) in [6.45, 7) is 4.77. The first-order chi connectivity index (χ1) is 8.03. The van der Waals surface area contributed by atoms with Crippen LogP contribution in [-0.2, 0) is 23.9 Å². The summed E-state index contributed by atoms with van der Waals surface area (Å²) in [6.07, 6.45) is -0.664. The van der Waals surface area contributed by atoms with Gasteiger partial charge < -0.3 is 20.3 Å². The van der Waals surface area contributed by atoms with E-state index in [0.29, 0.717) is 0 Å². The highest BCUT2D eigenvalue weighted by Crippen LogP contribution is 2.18. The second-order valence-corrected chi connectivity index (χ2v) is 4.85. The zero-order valence-electron chi connectivity index (χ0n) is 11.0. The Morgan fingerprint density at radius 2 is 1.72 bits per heavy atom. The summed E-state index contributed by atoms with van der Waals surface area (Å²) < 4.78 is 9.30. The predicted molar refractivity (Wildman–Crippen MR) is 61.6 cm³/mol. The highest BCUT2D eigenvalue weighted by atomic mass is 16.6. The fourth-order valence-corrected chi connectivity index (χ4v) is 1.07. The molecule has 3 N–H and O–H groups in total. The Kier molecular flexibility index (Phi) is 5.29. The monoisotopic (exact) mass is 261 g/mol. The Bertz CT molecular complexity index is 346. The van der Waals surface area contributed by atoms with Crippen molar-refractivity contribution in [3.8, 4) is 0 Å². The van der Waals surface area contributed by atoms with Gasteiger partial charge in [0, 0.05) is 6.42 Å². The molecule has 0 saturated heterocycles. The van der Waals surface area contributed by atoms with Crippen LogP contribution in [-0.4, -0.2) is 41.3 Å². The molecule has 0 aromatic rings. The summed E-state index contributed by atoms with van der Waals surface area (Å²) in [5.41, 5.74) is 2.41. The van der Waals surface area contributed by atoms with Gasteiger partial charge in [-0.25, -0.2) is 9.59 Å². The third-order valence-corrected chi connectivity index (χ3v) is 2.10. The number of carbonyl (C=O) groups excluding carboxylic acids is 2. The van der Waals surface area contributed by atoms with Gasteiger partial charge in [0.05, 0.1) is 7.11 Å². The van der Waals surface area contributed by atoms with Crippen LogP contribution in [0.1, 0.15) is 33.6 Å². The SMILES string of the molecule is COC(=O)CC[C@@](N)(C(=O)O)C(=O)OC(C)(C)C. The standard InChI is InChI=1S/C11H19NO6/c1-10(2,3)18-9(16)11(12,8(14)15)6-5-7(13)17-4/h5-6,12H2,1-4H3,(H,14,15)/t11-/m1/s1. The molecule has 0 aliphatic heterocycles. The maximum atomic E-state index is 11.7. The van der Waals surface area contributed by atoms with E-state index in [0.717, 1.165) is 7.11 Å². The van der Waals surface area contributed by atoms with Crippen LogP contribution in [0.2, 0.25) is 0 Å². The zero-order valence-corrected chi connectivity index (χ0v) is 11.0. The number of hydrogen-bond acceptors (Lipinski definition) is 6. The molecule has 0 unspecified atom stereocenters. The van der Waals surface area contributed by atoms with Crippen LogP contribution in [0.5, 0.6) is 0 Å². The number of methoxy groups -OCH3 is 1. The van der Waals surface area contributed by atoms with E-state index in [1.807, 2.05) is 0 Å². The first kappa shape index (κ1) is 16.4. The van der Waals surface area contributed by atoms with Gasteiger partial charge in [0.1, 0.15) is 5.60 Å². The molecule has 104 valence electrons. The Hall–Kier alpha value is -1.63. The largest absolute Gasteiger partial charge is 0.479 e. The number of nitrogens with two attached hydrogens (primary N) is 1. The molecule has 0 aliphatic carbocycles. The Balaban J connectivity index is 4.87. The maximum Gasteiger partial charge on any atom is 0.338 e. The lowest BCUT2D eigenvalue weighted by Gasteiger charge is -2.27. The molecule has 18 heavy (non-hydrogen) atoms. The number of carboxylic acid groups (broad SMARTS) is 1. The number of carboxylic acids is 1. The van der Waals surface area contributed by atoms with Gasteiger partial charge >= 0.3 is 17.9 Å². The van der Waals surface area contributed by atoms with Crippen molar-refractivity contribution in [1.29, 1.82) is 0 Å². The van der Waals surface area contributed by atoms with Gasteiger partial charge in [-0.1, -0.05) is 0 Å². The molecule has 1 atom stereocenters. The third-order valence-electron chi connectivity index (χ3n) is 2.10. The smallest absolute Gasteiger partial charge is 0.338 e. The third kappa shape index (κ3) is 4.70. The van der Waals surface area contributed by atoms with Crippen molar-refractivity contribution in [2.75, 3.05) is 7.11 Å². The fourth-order valence-electron chi connectivity index (χ4n) is 1.07. The van der Waals surface area contributed by atoms with Gasteiger partial charge in [0.2, 0.25) is 5.54 Å². The van der Waals surface area contributed by atoms with E-state index in [9.17, 15) is 14.4 Å². The molecular weight excluding hydrogens is 242 g/mol. The number of esters is 2. The van der Waals surface area contributed by atoms with Gasteiger partial charge in [0.25, 0.3) is 0 Å². The molecule has 0 aromatic carbocycles. The molecule has 0 radical (unpaired) electrons. The molecule has 0 heterocycles. The van der Waals surface area contributed by atoms with Gasteiger partial charge in [-0.3, -0.25) is 4.79 Å². The number of carbonyl (C=O) groups is 3. The van der Waals surface area contributed by atoms with Crippen molar-refractivity contribution in [2.45, 2.75) is 44.8 Å². The molecule has 0 fully saturated rings. The van der Waals surface area contributed by atoms with E-state index in [2.05, 4.69) is 4.74 Å². The molecule has 7 heteroatoms. The lowest BCUT2D eigenvalue weighted by Crippen LogP contribution is -2.57. The summed E-state index contributed by atoms with van der Waals surface area (Å²) in [5.74, 6) is -3.26. The quantitative estimate of drug-likeness (QED) is 0.531. The Labute approximate surface area is 105 Å². The summed E-state index contributed by atoms with van der Waals surface area (Å²) in [7, 11) is 1.16. The van der Waals surface area contributed by atoms with Crippen LogP contribution in [0.3, 0.4) is 0 Å². The van der Waals surface area contributed by atoms with Crippen molar-refractivity contribution < 1.29 is 29.0 Å². The number of hydrogen-bond donors (Lipinski definition) is 2. The molecule has 7 nitrogen and oxygen atoms in total. The van der Waals surface area contributed by atoms with Crippen molar-refractivity contribution in [3.05, 3.63) is 0 Å². The minimum atomic E-state index is -2.25. The zero-order chi connectivity index (χ0) is 14.6. The van der Waals surface area contributed by atoms with Crippen molar-refractivity contribution in [3.63, 3.8) is 0 Å². The van der Waals surface area contributed by atoms with Crippen LogP contribution < -0.4 is 5.73 Å². The lowest BCUT2D eigenvalue weighted by molar-refractivity contribution is -0.169. The van der Waals surface area contributed by atoms with Crippen LogP contribution in [0.4, 0.5) is 0 Å². The van der Waals surface area contributed by atoms with E-state index >= 15 is 0 Å². The van der Waals surface area contributed by atoms with Crippen LogP contribution >= 0.6 is 0 Å². The van der Waals surface area contributed by atoms with E-state index in [4.69, 9.17) is 15.6 Å². The Morgan fingerprint density at radius 1 is 1.22 bits per heavy atom. The molecular formula is C11H19NO6. The lowest BCUT2D eigenvalue weighted by atomic mass is 9.94. The van der Waals surface area contributed by atoms with E-state index in [-0.39, 0.29) is 12.8 Å². The number of rotatable bonds is 5. The maximum absolute atomic E-state index is 11.7. The van der Waals surface area contributed by atoms with E-state index in [1.165, 1.54) is 0 Å². The fraction of sp³-hybridized carbons (Fsp3) is 0.727. The normalized spacial score (nSPS) is 14.5. The Morgan fingerprint density at radius 3 is 2.06 bits per heavy atom. The van der Waals surface area contributed by atoms with Crippen LogP contribution in [0.15, 0.2) is 0 Å². The minimum Gasteiger partial charge on any atom is -0.479 e. The summed E-state index contributed by atoms with van der Waals surface area (Å²) in [5, 5.41) is 9.01. The van der Waals surface area contributed by atoms with Crippen molar-refractivity contribution in [2.24, 2.45) is 5.73 Å². The molecule has 0 aliphatic rings. The first-order valence-corrected chi connectivity index (χ1v) is 5.35. The van der Waals surface area contributed by atoms with Gasteiger partial charge in [-0.15, -0.1) is 0 Å². The average molecular weight is 261 g/mol.